The molecule has 1 aliphatic rings. The van der Waals surface area contributed by atoms with Crippen LogP contribution in [0.25, 0.3) is 0 Å². The number of esters is 3. The van der Waals surface area contributed by atoms with Crippen molar-refractivity contribution >= 4 is 17.9 Å². The molecule has 0 unspecified atom stereocenters. The normalized spacial score (nSPS) is 24.5. The first kappa shape index (κ1) is 26.2. The molecule has 0 amide bonds. The Balaban J connectivity index is 2.03. The Morgan fingerprint density at radius 1 is 0.970 bits per heavy atom. The molecule has 0 aliphatic carbocycles. The lowest BCUT2D eigenvalue weighted by molar-refractivity contribution is -0.294. The number of carbonyl (C=O) groups excluding carboxylic acids is 3. The third-order valence-corrected chi connectivity index (χ3v) is 4.87. The van der Waals surface area contributed by atoms with Crippen LogP contribution < -0.4 is 4.74 Å². The number of hydrogen-bond acceptors (Lipinski definition) is 11. The van der Waals surface area contributed by atoms with Gasteiger partial charge in [-0.25, -0.2) is 0 Å². The highest BCUT2D eigenvalue weighted by Gasteiger charge is 2.48. The van der Waals surface area contributed by atoms with Gasteiger partial charge in [-0.3, -0.25) is 14.4 Å². The van der Waals surface area contributed by atoms with Crippen molar-refractivity contribution in [2.75, 3.05) is 19.8 Å². The van der Waals surface area contributed by atoms with E-state index in [4.69, 9.17) is 28.4 Å². The van der Waals surface area contributed by atoms with Crippen LogP contribution in [0.4, 0.5) is 0 Å². The molecule has 2 N–H and O–H groups in total. The van der Waals surface area contributed by atoms with Crippen LogP contribution in [0.5, 0.6) is 17.2 Å². The summed E-state index contributed by atoms with van der Waals surface area (Å²) in [5.41, 5.74) is 0. The number of ether oxygens (including phenoxy) is 6. The van der Waals surface area contributed by atoms with E-state index in [2.05, 4.69) is 0 Å². The number of phenols is 2. The van der Waals surface area contributed by atoms with Gasteiger partial charge in [-0.2, -0.15) is 0 Å². The molecule has 1 aliphatic heterocycles. The highest BCUT2D eigenvalue weighted by molar-refractivity contribution is 5.67. The number of rotatable bonds is 10. The Bertz CT molecular complexity index is 825. The van der Waals surface area contributed by atoms with E-state index >= 15 is 0 Å². The Hall–Kier alpha value is -3.05. The van der Waals surface area contributed by atoms with Gasteiger partial charge in [-0.05, 0) is 12.1 Å². The molecule has 0 spiro atoms. The van der Waals surface area contributed by atoms with Crippen molar-refractivity contribution in [1.82, 2.24) is 0 Å². The van der Waals surface area contributed by atoms with Crippen LogP contribution in [-0.4, -0.2) is 72.5 Å². The van der Waals surface area contributed by atoms with Crippen LogP contribution >= 0.6 is 0 Å². The molecule has 184 valence electrons. The highest BCUT2D eigenvalue weighted by atomic mass is 16.7. The molecule has 11 heteroatoms. The largest absolute Gasteiger partial charge is 0.504 e. The number of carbonyl (C=O) groups is 3. The van der Waals surface area contributed by atoms with Crippen molar-refractivity contribution in [3.05, 3.63) is 18.2 Å². The van der Waals surface area contributed by atoms with Crippen molar-refractivity contribution in [1.29, 1.82) is 0 Å². The van der Waals surface area contributed by atoms with E-state index in [-0.39, 0.29) is 37.1 Å². The molecule has 1 aromatic carbocycles. The summed E-state index contributed by atoms with van der Waals surface area (Å²) in [7, 11) is 0. The lowest BCUT2D eigenvalue weighted by Gasteiger charge is -2.43. The standard InChI is InChI=1S/C22H30O11/c1-12-18(11-30-13(2)23)33-22(21(32-15(4)25)20(12)31-14(3)24)29-10-6-9-28-17-8-5-7-16(26)19(17)27/h5,7-8,12,18,20-22,26-27H,6,9-11H2,1-4H3/t12-,18-,20+,21-,22-/m1/s1. The molecule has 0 aromatic heterocycles. The summed E-state index contributed by atoms with van der Waals surface area (Å²) in [6.07, 6.45) is -3.33. The zero-order chi connectivity index (χ0) is 24.5. The second-order valence-corrected chi connectivity index (χ2v) is 7.55. The predicted octanol–water partition coefficient (Wildman–Crippen LogP) is 1.67. The zero-order valence-electron chi connectivity index (χ0n) is 19.0. The van der Waals surface area contributed by atoms with Gasteiger partial charge in [0.25, 0.3) is 0 Å². The van der Waals surface area contributed by atoms with E-state index in [0.717, 1.165) is 0 Å². The molecular formula is C22H30O11. The first-order valence-electron chi connectivity index (χ1n) is 10.5. The van der Waals surface area contributed by atoms with Crippen LogP contribution in [-0.2, 0) is 38.1 Å². The number of hydrogen-bond donors (Lipinski definition) is 2. The number of phenolic OH excluding ortho intramolecular Hbond substituents is 2. The van der Waals surface area contributed by atoms with Gasteiger partial charge in [0.05, 0.1) is 13.2 Å². The topological polar surface area (TPSA) is 147 Å². The molecular weight excluding hydrogens is 440 g/mol. The molecule has 1 aromatic rings. The van der Waals surface area contributed by atoms with E-state index < -0.39 is 48.4 Å². The summed E-state index contributed by atoms with van der Waals surface area (Å²) in [6.45, 7) is 5.58. The number of para-hydroxylation sites is 1. The predicted molar refractivity (Wildman–Crippen MR) is 111 cm³/mol. The second kappa shape index (κ2) is 12.3. The summed E-state index contributed by atoms with van der Waals surface area (Å²) < 4.78 is 32.9. The summed E-state index contributed by atoms with van der Waals surface area (Å²) in [6, 6.07) is 4.36. The summed E-state index contributed by atoms with van der Waals surface area (Å²) in [4.78, 5) is 34.6. The molecule has 2 rings (SSSR count). The van der Waals surface area contributed by atoms with Crippen molar-refractivity contribution in [3.63, 3.8) is 0 Å². The first-order valence-corrected chi connectivity index (χ1v) is 10.5. The maximum absolute atomic E-state index is 11.7. The van der Waals surface area contributed by atoms with Gasteiger partial charge in [0.2, 0.25) is 5.75 Å². The van der Waals surface area contributed by atoms with E-state index in [1.165, 1.54) is 39.0 Å². The minimum Gasteiger partial charge on any atom is -0.504 e. The highest BCUT2D eigenvalue weighted by Crippen LogP contribution is 2.35. The quantitative estimate of drug-likeness (QED) is 0.223. The minimum atomic E-state index is -1.09. The van der Waals surface area contributed by atoms with Gasteiger partial charge >= 0.3 is 17.9 Å². The van der Waals surface area contributed by atoms with Crippen LogP contribution in [0.2, 0.25) is 0 Å². The van der Waals surface area contributed by atoms with Gasteiger partial charge in [-0.1, -0.05) is 13.0 Å². The lowest BCUT2D eigenvalue weighted by atomic mass is 9.90. The molecule has 33 heavy (non-hydrogen) atoms. The van der Waals surface area contributed by atoms with Crippen molar-refractivity contribution in [3.8, 4) is 17.2 Å². The molecule has 0 saturated carbocycles. The van der Waals surface area contributed by atoms with E-state index in [9.17, 15) is 24.6 Å². The van der Waals surface area contributed by atoms with Crippen LogP contribution in [0.15, 0.2) is 18.2 Å². The summed E-state index contributed by atoms with van der Waals surface area (Å²) >= 11 is 0. The molecule has 1 heterocycles. The van der Waals surface area contributed by atoms with Crippen molar-refractivity contribution in [2.45, 2.75) is 58.7 Å². The van der Waals surface area contributed by atoms with Crippen molar-refractivity contribution < 1.29 is 53.0 Å². The fraction of sp³-hybridized carbons (Fsp3) is 0.591. The van der Waals surface area contributed by atoms with Crippen LogP contribution in [0.3, 0.4) is 0 Å². The van der Waals surface area contributed by atoms with Gasteiger partial charge in [0, 0.05) is 33.1 Å². The maximum atomic E-state index is 11.7. The third kappa shape index (κ3) is 7.79. The SMILES string of the molecule is CC(=O)OC[C@H]1O[C@@H](OCCCOc2cccc(O)c2O)[C@H](OC(C)=O)[C@@H](OC(C)=O)[C@@H]1C. The van der Waals surface area contributed by atoms with Crippen molar-refractivity contribution in [2.24, 2.45) is 5.92 Å². The average molecular weight is 470 g/mol. The number of aromatic hydroxyl groups is 2. The molecule has 1 saturated heterocycles. The minimum absolute atomic E-state index is 0.0964. The zero-order valence-corrected chi connectivity index (χ0v) is 19.0. The van der Waals surface area contributed by atoms with Gasteiger partial charge in [0.15, 0.2) is 23.9 Å². The monoisotopic (exact) mass is 470 g/mol. The first-order chi connectivity index (χ1) is 15.6. The molecule has 0 bridgehead atoms. The Morgan fingerprint density at radius 3 is 2.27 bits per heavy atom. The van der Waals surface area contributed by atoms with Gasteiger partial charge < -0.3 is 38.6 Å². The van der Waals surface area contributed by atoms with Gasteiger partial charge in [-0.15, -0.1) is 0 Å². The Morgan fingerprint density at radius 2 is 1.64 bits per heavy atom. The Labute approximate surface area is 191 Å². The average Bonchev–Trinajstić information content (AvgIpc) is 2.73. The van der Waals surface area contributed by atoms with E-state index in [0.29, 0.717) is 6.42 Å². The lowest BCUT2D eigenvalue weighted by Crippen LogP contribution is -2.58. The fourth-order valence-electron chi connectivity index (χ4n) is 3.31. The van der Waals surface area contributed by atoms with Crippen LogP contribution in [0.1, 0.15) is 34.1 Å². The smallest absolute Gasteiger partial charge is 0.303 e. The molecule has 0 radical (unpaired) electrons. The Kier molecular flexibility index (Phi) is 9.74. The molecule has 11 nitrogen and oxygen atoms in total. The molecule has 1 fully saturated rings. The fourth-order valence-corrected chi connectivity index (χ4v) is 3.31. The summed E-state index contributed by atoms with van der Waals surface area (Å²) in [5, 5.41) is 19.3. The van der Waals surface area contributed by atoms with E-state index in [1.54, 1.807) is 6.92 Å². The molecule has 5 atom stereocenters. The van der Waals surface area contributed by atoms with E-state index in [1.807, 2.05) is 0 Å². The number of benzene rings is 1. The summed E-state index contributed by atoms with van der Waals surface area (Å²) in [5.74, 6) is -2.69. The van der Waals surface area contributed by atoms with Crippen LogP contribution in [0, 0.1) is 5.92 Å². The third-order valence-electron chi connectivity index (χ3n) is 4.87. The maximum Gasteiger partial charge on any atom is 0.303 e. The van der Waals surface area contributed by atoms with Gasteiger partial charge in [0.1, 0.15) is 18.8 Å². The second-order valence-electron chi connectivity index (χ2n) is 7.55.